The molecule has 1 unspecified atom stereocenters. The highest BCUT2D eigenvalue weighted by atomic mass is 15.1. The SMILES string of the molecule is CCC(CN(C)CC)CN1CCCCCC1. The lowest BCUT2D eigenvalue weighted by Gasteiger charge is -2.28. The van der Waals surface area contributed by atoms with Crippen molar-refractivity contribution >= 4 is 0 Å². The molecule has 0 N–H and O–H groups in total. The summed E-state index contributed by atoms with van der Waals surface area (Å²) in [4.78, 5) is 5.15. The summed E-state index contributed by atoms with van der Waals surface area (Å²) in [5, 5.41) is 0. The second-order valence-electron chi connectivity index (χ2n) is 5.34. The highest BCUT2D eigenvalue weighted by Gasteiger charge is 2.15. The van der Waals surface area contributed by atoms with Gasteiger partial charge in [-0.3, -0.25) is 0 Å². The molecule has 1 saturated heterocycles. The van der Waals surface area contributed by atoms with Gasteiger partial charge in [0, 0.05) is 13.1 Å². The number of rotatable bonds is 6. The molecular weight excluding hydrogens is 196 g/mol. The van der Waals surface area contributed by atoms with Gasteiger partial charge in [-0.2, -0.15) is 0 Å². The zero-order chi connectivity index (χ0) is 11.8. The molecule has 1 rings (SSSR count). The molecule has 0 amide bonds. The molecule has 2 heteroatoms. The van der Waals surface area contributed by atoms with Gasteiger partial charge >= 0.3 is 0 Å². The summed E-state index contributed by atoms with van der Waals surface area (Å²) >= 11 is 0. The maximum absolute atomic E-state index is 2.70. The van der Waals surface area contributed by atoms with Crippen molar-refractivity contribution in [3.63, 3.8) is 0 Å². The van der Waals surface area contributed by atoms with E-state index in [4.69, 9.17) is 0 Å². The smallest absolute Gasteiger partial charge is 0.00218 e. The Morgan fingerprint density at radius 1 is 1.06 bits per heavy atom. The number of likely N-dealkylation sites (tertiary alicyclic amines) is 1. The van der Waals surface area contributed by atoms with Crippen LogP contribution < -0.4 is 0 Å². The molecule has 1 aliphatic rings. The lowest BCUT2D eigenvalue weighted by molar-refractivity contribution is 0.195. The fourth-order valence-corrected chi connectivity index (χ4v) is 2.57. The molecule has 0 aromatic heterocycles. The van der Waals surface area contributed by atoms with Crippen LogP contribution in [0.5, 0.6) is 0 Å². The monoisotopic (exact) mass is 226 g/mol. The standard InChI is InChI=1S/C14H30N2/c1-4-14(12-15(3)5-2)13-16-10-8-6-7-9-11-16/h14H,4-13H2,1-3H3. The van der Waals surface area contributed by atoms with Crippen molar-refractivity contribution in [2.45, 2.75) is 46.0 Å². The Morgan fingerprint density at radius 3 is 2.19 bits per heavy atom. The number of hydrogen-bond donors (Lipinski definition) is 0. The summed E-state index contributed by atoms with van der Waals surface area (Å²) in [6.07, 6.45) is 7.05. The zero-order valence-electron chi connectivity index (χ0n) is 11.5. The lowest BCUT2D eigenvalue weighted by Crippen LogP contribution is -2.35. The molecule has 0 radical (unpaired) electrons. The molecule has 0 spiro atoms. The van der Waals surface area contributed by atoms with E-state index in [1.807, 2.05) is 0 Å². The second kappa shape index (κ2) is 8.08. The van der Waals surface area contributed by atoms with Crippen molar-refractivity contribution in [1.82, 2.24) is 9.80 Å². The highest BCUT2D eigenvalue weighted by Crippen LogP contribution is 2.13. The quantitative estimate of drug-likeness (QED) is 0.687. The first-order chi connectivity index (χ1) is 7.76. The summed E-state index contributed by atoms with van der Waals surface area (Å²) < 4.78 is 0. The third-order valence-electron chi connectivity index (χ3n) is 3.90. The van der Waals surface area contributed by atoms with Crippen molar-refractivity contribution in [3.05, 3.63) is 0 Å². The Morgan fingerprint density at radius 2 is 1.69 bits per heavy atom. The Hall–Kier alpha value is -0.0800. The molecule has 1 aliphatic heterocycles. The first-order valence-electron chi connectivity index (χ1n) is 7.17. The van der Waals surface area contributed by atoms with E-state index in [2.05, 4.69) is 30.7 Å². The van der Waals surface area contributed by atoms with Gasteiger partial charge in [0.25, 0.3) is 0 Å². The van der Waals surface area contributed by atoms with Gasteiger partial charge in [0.1, 0.15) is 0 Å². The molecule has 1 heterocycles. The van der Waals surface area contributed by atoms with Crippen LogP contribution in [0.2, 0.25) is 0 Å². The minimum Gasteiger partial charge on any atom is -0.306 e. The molecule has 1 fully saturated rings. The molecule has 0 aliphatic carbocycles. The second-order valence-corrected chi connectivity index (χ2v) is 5.34. The van der Waals surface area contributed by atoms with Crippen LogP contribution in [0.15, 0.2) is 0 Å². The van der Waals surface area contributed by atoms with Crippen LogP contribution >= 0.6 is 0 Å². The van der Waals surface area contributed by atoms with E-state index in [9.17, 15) is 0 Å². The summed E-state index contributed by atoms with van der Waals surface area (Å²) in [6.45, 7) is 11.0. The Bertz CT molecular complexity index is 162. The van der Waals surface area contributed by atoms with Gasteiger partial charge in [0.15, 0.2) is 0 Å². The molecule has 1 atom stereocenters. The lowest BCUT2D eigenvalue weighted by atomic mass is 10.1. The Balaban J connectivity index is 2.29. The molecule has 0 saturated carbocycles. The predicted molar refractivity (Wildman–Crippen MR) is 71.9 cm³/mol. The number of hydrogen-bond acceptors (Lipinski definition) is 2. The maximum Gasteiger partial charge on any atom is 0.00218 e. The minimum absolute atomic E-state index is 0.864. The molecule has 0 aromatic rings. The van der Waals surface area contributed by atoms with E-state index in [-0.39, 0.29) is 0 Å². The molecule has 0 bridgehead atoms. The van der Waals surface area contributed by atoms with E-state index in [1.165, 1.54) is 64.8 Å². The third kappa shape index (κ3) is 5.31. The summed E-state index contributed by atoms with van der Waals surface area (Å²) in [5.41, 5.74) is 0. The van der Waals surface area contributed by atoms with Crippen molar-refractivity contribution in [2.24, 2.45) is 5.92 Å². The molecular formula is C14H30N2. The first-order valence-corrected chi connectivity index (χ1v) is 7.17. The largest absolute Gasteiger partial charge is 0.306 e. The van der Waals surface area contributed by atoms with Crippen LogP contribution in [0, 0.1) is 5.92 Å². The van der Waals surface area contributed by atoms with Crippen LogP contribution in [0.1, 0.15) is 46.0 Å². The molecule has 16 heavy (non-hydrogen) atoms. The van der Waals surface area contributed by atoms with Gasteiger partial charge in [-0.1, -0.05) is 33.1 Å². The fraction of sp³-hybridized carbons (Fsp3) is 1.00. The van der Waals surface area contributed by atoms with Crippen LogP contribution in [0.3, 0.4) is 0 Å². The van der Waals surface area contributed by atoms with Crippen LogP contribution in [-0.4, -0.2) is 49.6 Å². The summed E-state index contributed by atoms with van der Waals surface area (Å²) in [5.74, 6) is 0.864. The topological polar surface area (TPSA) is 6.48 Å². The molecule has 0 aromatic carbocycles. The van der Waals surface area contributed by atoms with Crippen LogP contribution in [0.4, 0.5) is 0 Å². The van der Waals surface area contributed by atoms with E-state index < -0.39 is 0 Å². The number of nitrogens with zero attached hydrogens (tertiary/aromatic N) is 2. The van der Waals surface area contributed by atoms with E-state index in [0.29, 0.717) is 0 Å². The van der Waals surface area contributed by atoms with Gasteiger partial charge in [-0.15, -0.1) is 0 Å². The summed E-state index contributed by atoms with van der Waals surface area (Å²) in [6, 6.07) is 0. The third-order valence-corrected chi connectivity index (χ3v) is 3.90. The van der Waals surface area contributed by atoms with Crippen LogP contribution in [-0.2, 0) is 0 Å². The first kappa shape index (κ1) is 14.0. The van der Waals surface area contributed by atoms with E-state index >= 15 is 0 Å². The van der Waals surface area contributed by atoms with Gasteiger partial charge in [-0.25, -0.2) is 0 Å². The van der Waals surface area contributed by atoms with Gasteiger partial charge in [-0.05, 0) is 45.4 Å². The summed E-state index contributed by atoms with van der Waals surface area (Å²) in [7, 11) is 2.24. The predicted octanol–water partition coefficient (Wildman–Crippen LogP) is 2.84. The van der Waals surface area contributed by atoms with Crippen molar-refractivity contribution in [2.75, 3.05) is 39.8 Å². The van der Waals surface area contributed by atoms with Crippen molar-refractivity contribution in [3.8, 4) is 0 Å². The van der Waals surface area contributed by atoms with Crippen molar-refractivity contribution in [1.29, 1.82) is 0 Å². The van der Waals surface area contributed by atoms with E-state index in [0.717, 1.165) is 5.92 Å². The highest BCUT2D eigenvalue weighted by molar-refractivity contribution is 4.70. The minimum atomic E-state index is 0.864. The van der Waals surface area contributed by atoms with Gasteiger partial charge in [0.05, 0.1) is 0 Å². The zero-order valence-corrected chi connectivity index (χ0v) is 11.5. The average Bonchev–Trinajstić information content (AvgIpc) is 2.56. The average molecular weight is 226 g/mol. The van der Waals surface area contributed by atoms with E-state index in [1.54, 1.807) is 0 Å². The van der Waals surface area contributed by atoms with Gasteiger partial charge in [0.2, 0.25) is 0 Å². The van der Waals surface area contributed by atoms with Gasteiger partial charge < -0.3 is 9.80 Å². The normalized spacial score (nSPS) is 21.0. The Labute approximate surface area is 102 Å². The Kier molecular flexibility index (Phi) is 7.06. The maximum atomic E-state index is 2.70. The molecule has 2 nitrogen and oxygen atoms in total. The fourth-order valence-electron chi connectivity index (χ4n) is 2.57. The molecule has 96 valence electrons. The van der Waals surface area contributed by atoms with Crippen molar-refractivity contribution < 1.29 is 0 Å². The van der Waals surface area contributed by atoms with Crippen LogP contribution in [0.25, 0.3) is 0 Å².